The molecule has 1 heterocycles. The molecule has 7 heteroatoms. The third kappa shape index (κ3) is 5.95. The van der Waals surface area contributed by atoms with Gasteiger partial charge in [0.05, 0.1) is 10.2 Å². The van der Waals surface area contributed by atoms with Crippen LogP contribution in [0.25, 0.3) is 10.2 Å². The van der Waals surface area contributed by atoms with Crippen molar-refractivity contribution in [1.82, 2.24) is 9.88 Å². The lowest BCUT2D eigenvalue weighted by Crippen LogP contribution is -2.38. The first-order valence-electron chi connectivity index (χ1n) is 9.78. The van der Waals surface area contributed by atoms with Crippen LogP contribution in [0.1, 0.15) is 31.1 Å². The topological polar surface area (TPSA) is 36.4 Å². The zero-order valence-electron chi connectivity index (χ0n) is 17.1. The van der Waals surface area contributed by atoms with E-state index in [1.165, 1.54) is 4.90 Å². The molecule has 3 aromatic rings. The number of thiazole rings is 1. The molecule has 0 aliphatic carbocycles. The lowest BCUT2D eigenvalue weighted by molar-refractivity contribution is 0.0983. The smallest absolute Gasteiger partial charge is 0.260 e. The lowest BCUT2D eigenvalue weighted by atomic mass is 10.2. The van der Waals surface area contributed by atoms with Crippen LogP contribution < -0.4 is 4.90 Å². The standard InChI is InChI=1S/C22H27N3OS2.ClH/c1-4-24(5-2)15-16-25(22-23-19-9-7-8-10-20(19)28-22)21(26)17-11-13-18(14-12-17)27-6-3;/h7-14H,4-6,15-16H2,1-3H3;1H. The van der Waals surface area contributed by atoms with E-state index in [0.717, 1.165) is 40.7 Å². The minimum absolute atomic E-state index is 0. The fourth-order valence-corrected chi connectivity index (χ4v) is 4.71. The first-order chi connectivity index (χ1) is 13.7. The van der Waals surface area contributed by atoms with Gasteiger partial charge >= 0.3 is 0 Å². The van der Waals surface area contributed by atoms with Crippen LogP contribution >= 0.6 is 35.5 Å². The number of carbonyl (C=O) groups is 1. The fraction of sp³-hybridized carbons (Fsp3) is 0.364. The number of thioether (sulfide) groups is 1. The van der Waals surface area contributed by atoms with Gasteiger partial charge in [0.1, 0.15) is 0 Å². The number of likely N-dealkylation sites (N-methyl/N-ethyl adjacent to an activating group) is 1. The molecule has 156 valence electrons. The van der Waals surface area contributed by atoms with Crippen LogP contribution in [0.5, 0.6) is 0 Å². The molecule has 0 fully saturated rings. The van der Waals surface area contributed by atoms with E-state index in [1.807, 2.05) is 47.4 Å². The monoisotopic (exact) mass is 449 g/mol. The third-order valence-electron chi connectivity index (χ3n) is 4.71. The van der Waals surface area contributed by atoms with Gasteiger partial charge in [0.2, 0.25) is 0 Å². The number of hydrogen-bond acceptors (Lipinski definition) is 5. The van der Waals surface area contributed by atoms with Crippen LogP contribution in [0, 0.1) is 0 Å². The summed E-state index contributed by atoms with van der Waals surface area (Å²) in [5, 5.41) is 0.769. The van der Waals surface area contributed by atoms with Crippen LogP contribution in [0.15, 0.2) is 53.4 Å². The zero-order valence-corrected chi connectivity index (χ0v) is 19.6. The summed E-state index contributed by atoms with van der Waals surface area (Å²) in [6, 6.07) is 16.0. The zero-order chi connectivity index (χ0) is 19.9. The van der Waals surface area contributed by atoms with E-state index in [-0.39, 0.29) is 18.3 Å². The maximum Gasteiger partial charge on any atom is 0.260 e. The van der Waals surface area contributed by atoms with E-state index in [4.69, 9.17) is 4.98 Å². The summed E-state index contributed by atoms with van der Waals surface area (Å²) in [7, 11) is 0. The third-order valence-corrected chi connectivity index (χ3v) is 6.66. The maximum absolute atomic E-state index is 13.3. The van der Waals surface area contributed by atoms with Gasteiger partial charge < -0.3 is 4.90 Å². The van der Waals surface area contributed by atoms with Gasteiger partial charge in [0.25, 0.3) is 5.91 Å². The molecule has 0 unspecified atom stereocenters. The Hall–Kier alpha value is -1.60. The van der Waals surface area contributed by atoms with E-state index < -0.39 is 0 Å². The summed E-state index contributed by atoms with van der Waals surface area (Å²) in [5.41, 5.74) is 1.65. The van der Waals surface area contributed by atoms with Crippen LogP contribution in [-0.2, 0) is 0 Å². The quantitative estimate of drug-likeness (QED) is 0.386. The Bertz CT molecular complexity index is 877. The summed E-state index contributed by atoms with van der Waals surface area (Å²) in [5.74, 6) is 1.04. The van der Waals surface area contributed by atoms with E-state index in [1.54, 1.807) is 23.1 Å². The summed E-state index contributed by atoms with van der Waals surface area (Å²) in [6.07, 6.45) is 0. The molecule has 3 rings (SSSR count). The Morgan fingerprint density at radius 3 is 2.31 bits per heavy atom. The molecule has 1 aromatic heterocycles. The first kappa shape index (κ1) is 23.7. The summed E-state index contributed by atoms with van der Waals surface area (Å²) in [4.78, 5) is 23.4. The Morgan fingerprint density at radius 1 is 1.00 bits per heavy atom. The molecule has 1 amide bonds. The Balaban J connectivity index is 0.00000300. The number of para-hydroxylation sites is 1. The van der Waals surface area contributed by atoms with Crippen molar-refractivity contribution in [2.75, 3.05) is 36.8 Å². The van der Waals surface area contributed by atoms with Crippen molar-refractivity contribution >= 4 is 56.8 Å². The Morgan fingerprint density at radius 2 is 1.69 bits per heavy atom. The predicted octanol–water partition coefficient (Wildman–Crippen LogP) is 5.82. The maximum atomic E-state index is 13.3. The van der Waals surface area contributed by atoms with Gasteiger partial charge in [-0.3, -0.25) is 9.69 Å². The predicted molar refractivity (Wildman–Crippen MR) is 129 cm³/mol. The summed E-state index contributed by atoms with van der Waals surface area (Å²) < 4.78 is 1.10. The van der Waals surface area contributed by atoms with Crippen molar-refractivity contribution in [3.05, 3.63) is 54.1 Å². The number of amides is 1. The number of anilines is 1. The van der Waals surface area contributed by atoms with Crippen LogP contribution in [0.4, 0.5) is 5.13 Å². The number of carbonyl (C=O) groups excluding carboxylic acids is 1. The minimum Gasteiger partial charge on any atom is -0.302 e. The van der Waals surface area contributed by atoms with Gasteiger partial charge in [-0.2, -0.15) is 0 Å². The van der Waals surface area contributed by atoms with Crippen molar-refractivity contribution in [3.8, 4) is 0 Å². The first-order valence-corrected chi connectivity index (χ1v) is 11.6. The van der Waals surface area contributed by atoms with Gasteiger partial charge in [-0.1, -0.05) is 44.2 Å². The second-order valence-electron chi connectivity index (χ2n) is 6.41. The Kier molecular flexibility index (Phi) is 9.43. The number of rotatable bonds is 9. The van der Waals surface area contributed by atoms with Gasteiger partial charge in [-0.05, 0) is 55.2 Å². The molecule has 0 atom stereocenters. The van der Waals surface area contributed by atoms with E-state index in [0.29, 0.717) is 12.1 Å². The van der Waals surface area contributed by atoms with Crippen molar-refractivity contribution in [2.45, 2.75) is 25.7 Å². The van der Waals surface area contributed by atoms with Crippen LogP contribution in [-0.4, -0.2) is 47.7 Å². The molecule has 0 spiro atoms. The molecule has 0 bridgehead atoms. The van der Waals surface area contributed by atoms with Gasteiger partial charge in [-0.25, -0.2) is 4.98 Å². The number of hydrogen-bond donors (Lipinski definition) is 0. The molecular formula is C22H28ClN3OS2. The highest BCUT2D eigenvalue weighted by atomic mass is 35.5. The average Bonchev–Trinajstić information content (AvgIpc) is 3.15. The SMILES string of the molecule is CCSc1ccc(C(=O)N(CCN(CC)CC)c2nc3ccccc3s2)cc1.Cl. The molecule has 0 radical (unpaired) electrons. The molecule has 0 aliphatic rings. The highest BCUT2D eigenvalue weighted by Crippen LogP contribution is 2.30. The normalized spacial score (nSPS) is 10.9. The molecule has 4 nitrogen and oxygen atoms in total. The Labute approximate surface area is 187 Å². The number of fused-ring (bicyclic) bond motifs is 1. The van der Waals surface area contributed by atoms with Crippen molar-refractivity contribution in [1.29, 1.82) is 0 Å². The molecule has 2 aromatic carbocycles. The summed E-state index contributed by atoms with van der Waals surface area (Å²) >= 11 is 3.36. The van der Waals surface area contributed by atoms with E-state index in [2.05, 4.69) is 31.7 Å². The number of aromatic nitrogens is 1. The highest BCUT2D eigenvalue weighted by Gasteiger charge is 2.21. The molecule has 29 heavy (non-hydrogen) atoms. The van der Waals surface area contributed by atoms with E-state index >= 15 is 0 Å². The number of benzene rings is 2. The van der Waals surface area contributed by atoms with Gasteiger partial charge in [0.15, 0.2) is 5.13 Å². The highest BCUT2D eigenvalue weighted by molar-refractivity contribution is 7.99. The number of nitrogens with zero attached hydrogens (tertiary/aromatic N) is 3. The molecule has 0 N–H and O–H groups in total. The largest absolute Gasteiger partial charge is 0.302 e. The lowest BCUT2D eigenvalue weighted by Gasteiger charge is -2.24. The van der Waals surface area contributed by atoms with Crippen molar-refractivity contribution in [3.63, 3.8) is 0 Å². The molecule has 0 saturated heterocycles. The molecule has 0 saturated carbocycles. The van der Waals surface area contributed by atoms with Crippen LogP contribution in [0.3, 0.4) is 0 Å². The van der Waals surface area contributed by atoms with Crippen molar-refractivity contribution < 1.29 is 4.79 Å². The van der Waals surface area contributed by atoms with E-state index in [9.17, 15) is 4.79 Å². The minimum atomic E-state index is 0. The summed E-state index contributed by atoms with van der Waals surface area (Å²) in [6.45, 7) is 9.84. The number of halogens is 1. The van der Waals surface area contributed by atoms with Gasteiger partial charge in [-0.15, -0.1) is 24.2 Å². The second-order valence-corrected chi connectivity index (χ2v) is 8.75. The molecule has 0 aliphatic heterocycles. The van der Waals surface area contributed by atoms with Crippen molar-refractivity contribution in [2.24, 2.45) is 0 Å². The fourth-order valence-electron chi connectivity index (χ4n) is 3.06. The average molecular weight is 450 g/mol. The van der Waals surface area contributed by atoms with Gasteiger partial charge in [0, 0.05) is 23.5 Å². The van der Waals surface area contributed by atoms with Crippen LogP contribution in [0.2, 0.25) is 0 Å². The molecular weight excluding hydrogens is 422 g/mol. The second kappa shape index (κ2) is 11.6.